The minimum atomic E-state index is -3.55. The molecule has 0 aliphatic rings. The normalized spacial score (nSPS) is 12.1. The molecule has 0 aromatic heterocycles. The highest BCUT2D eigenvalue weighted by Crippen LogP contribution is 2.25. The summed E-state index contributed by atoms with van der Waals surface area (Å²) in [6.07, 6.45) is 0.849. The first kappa shape index (κ1) is 17.9. The summed E-state index contributed by atoms with van der Waals surface area (Å²) in [7, 11) is -3.55. The molecule has 1 rings (SSSR count). The Morgan fingerprint density at radius 3 is 2.43 bits per heavy atom. The van der Waals surface area contributed by atoms with Crippen LogP contribution in [0, 0.1) is 0 Å². The van der Waals surface area contributed by atoms with Crippen LogP contribution in [0.3, 0.4) is 0 Å². The van der Waals surface area contributed by atoms with Crippen LogP contribution in [-0.2, 0) is 16.6 Å². The lowest BCUT2D eigenvalue weighted by Crippen LogP contribution is -2.36. The van der Waals surface area contributed by atoms with E-state index in [0.717, 1.165) is 6.42 Å². The molecule has 6 heteroatoms. The maximum Gasteiger partial charge on any atom is 0.243 e. The summed E-state index contributed by atoms with van der Waals surface area (Å²) in [6.45, 7) is 8.16. The average molecular weight is 315 g/mol. The molecule has 0 heterocycles. The van der Waals surface area contributed by atoms with Crippen LogP contribution in [0.25, 0.3) is 0 Å². The van der Waals surface area contributed by atoms with Crippen molar-refractivity contribution in [3.63, 3.8) is 0 Å². The van der Waals surface area contributed by atoms with Crippen molar-refractivity contribution in [3.05, 3.63) is 23.8 Å². The number of aliphatic hydroxyl groups excluding tert-OH is 1. The molecular formula is C15H25NO4S. The fourth-order valence-corrected chi connectivity index (χ4v) is 3.84. The number of hydrogen-bond acceptors (Lipinski definition) is 4. The van der Waals surface area contributed by atoms with Gasteiger partial charge < -0.3 is 9.84 Å². The quantitative estimate of drug-likeness (QED) is 0.800. The fraction of sp³-hybridized carbons (Fsp3) is 0.600. The van der Waals surface area contributed by atoms with Gasteiger partial charge in [0, 0.05) is 18.2 Å². The molecule has 1 aromatic carbocycles. The highest BCUT2D eigenvalue weighted by Gasteiger charge is 2.26. The number of ether oxygens (including phenoxy) is 1. The van der Waals surface area contributed by atoms with Gasteiger partial charge in [-0.15, -0.1) is 0 Å². The topological polar surface area (TPSA) is 66.8 Å². The van der Waals surface area contributed by atoms with E-state index >= 15 is 0 Å². The molecule has 0 saturated heterocycles. The molecule has 1 N–H and O–H groups in total. The maximum absolute atomic E-state index is 12.6. The van der Waals surface area contributed by atoms with Crippen molar-refractivity contribution < 1.29 is 18.3 Å². The number of sulfonamides is 1. The second-order valence-corrected chi connectivity index (χ2v) is 6.97. The molecule has 0 aliphatic carbocycles. The van der Waals surface area contributed by atoms with E-state index in [1.54, 1.807) is 6.07 Å². The van der Waals surface area contributed by atoms with Gasteiger partial charge in [-0.2, -0.15) is 4.31 Å². The monoisotopic (exact) mass is 315 g/mol. The Bertz CT molecular complexity index is 555. The molecule has 0 aliphatic heterocycles. The van der Waals surface area contributed by atoms with Gasteiger partial charge in [-0.1, -0.05) is 13.8 Å². The number of hydrogen-bond donors (Lipinski definition) is 1. The van der Waals surface area contributed by atoms with E-state index in [0.29, 0.717) is 24.5 Å². The van der Waals surface area contributed by atoms with E-state index in [9.17, 15) is 13.5 Å². The Hall–Kier alpha value is -1.11. The largest absolute Gasteiger partial charge is 0.493 e. The van der Waals surface area contributed by atoms with Crippen LogP contribution in [0.15, 0.2) is 23.1 Å². The van der Waals surface area contributed by atoms with E-state index in [2.05, 4.69) is 0 Å². The molecule has 0 fully saturated rings. The number of aliphatic hydroxyl groups is 1. The summed E-state index contributed by atoms with van der Waals surface area (Å²) < 4.78 is 32.1. The van der Waals surface area contributed by atoms with Crippen LogP contribution in [0.1, 0.15) is 39.7 Å². The van der Waals surface area contributed by atoms with Crippen molar-refractivity contribution in [2.24, 2.45) is 0 Å². The van der Waals surface area contributed by atoms with Gasteiger partial charge in [0.15, 0.2) is 0 Å². The lowest BCUT2D eigenvalue weighted by atomic mass is 10.2. The van der Waals surface area contributed by atoms with E-state index in [1.165, 1.54) is 16.4 Å². The summed E-state index contributed by atoms with van der Waals surface area (Å²) in [5, 5.41) is 9.42. The Balaban J connectivity index is 3.19. The van der Waals surface area contributed by atoms with Crippen molar-refractivity contribution >= 4 is 10.0 Å². The van der Waals surface area contributed by atoms with E-state index < -0.39 is 10.0 Å². The molecular weight excluding hydrogens is 290 g/mol. The van der Waals surface area contributed by atoms with Gasteiger partial charge in [0.25, 0.3) is 0 Å². The van der Waals surface area contributed by atoms with Crippen molar-refractivity contribution in [1.82, 2.24) is 4.31 Å². The van der Waals surface area contributed by atoms with E-state index in [4.69, 9.17) is 4.74 Å². The van der Waals surface area contributed by atoms with Crippen molar-refractivity contribution in [1.29, 1.82) is 0 Å². The lowest BCUT2D eigenvalue weighted by molar-refractivity contribution is 0.262. The van der Waals surface area contributed by atoms with Gasteiger partial charge >= 0.3 is 0 Å². The molecule has 0 atom stereocenters. The van der Waals surface area contributed by atoms with Gasteiger partial charge in [-0.3, -0.25) is 0 Å². The van der Waals surface area contributed by atoms with Gasteiger partial charge in [-0.25, -0.2) is 8.42 Å². The maximum atomic E-state index is 12.6. The average Bonchev–Trinajstić information content (AvgIpc) is 2.44. The first-order valence-electron chi connectivity index (χ1n) is 7.26. The van der Waals surface area contributed by atoms with Crippen LogP contribution < -0.4 is 4.74 Å². The van der Waals surface area contributed by atoms with E-state index in [1.807, 2.05) is 27.7 Å². The Kier molecular flexibility index (Phi) is 6.64. The summed E-state index contributed by atoms with van der Waals surface area (Å²) >= 11 is 0. The minimum Gasteiger partial charge on any atom is -0.493 e. The zero-order chi connectivity index (χ0) is 16.0. The molecule has 5 nitrogen and oxygen atoms in total. The van der Waals surface area contributed by atoms with Crippen LogP contribution >= 0.6 is 0 Å². The standard InChI is InChI=1S/C15H25NO4S/c1-5-9-20-15-8-7-14(10-13(15)11-17)21(18,19)16(6-2)12(3)4/h7-8,10,12,17H,5-6,9,11H2,1-4H3. The third-order valence-corrected chi connectivity index (χ3v) is 5.31. The smallest absolute Gasteiger partial charge is 0.243 e. The van der Waals surface area contributed by atoms with Crippen LogP contribution in [0.4, 0.5) is 0 Å². The fourth-order valence-electron chi connectivity index (χ4n) is 2.14. The second kappa shape index (κ2) is 7.77. The van der Waals surface area contributed by atoms with Gasteiger partial charge in [0.05, 0.1) is 18.1 Å². The van der Waals surface area contributed by atoms with E-state index in [-0.39, 0.29) is 17.5 Å². The SMILES string of the molecule is CCCOc1ccc(S(=O)(=O)N(CC)C(C)C)cc1CO. The number of benzene rings is 1. The number of rotatable bonds is 8. The van der Waals surface area contributed by atoms with Crippen molar-refractivity contribution in [2.75, 3.05) is 13.2 Å². The zero-order valence-corrected chi connectivity index (χ0v) is 14.0. The first-order chi connectivity index (χ1) is 9.88. The molecule has 0 unspecified atom stereocenters. The Labute approximate surface area is 127 Å². The van der Waals surface area contributed by atoms with Crippen molar-refractivity contribution in [3.8, 4) is 5.75 Å². The zero-order valence-electron chi connectivity index (χ0n) is 13.2. The molecule has 0 spiro atoms. The van der Waals surface area contributed by atoms with Crippen LogP contribution in [0.5, 0.6) is 5.75 Å². The highest BCUT2D eigenvalue weighted by atomic mass is 32.2. The number of nitrogens with zero attached hydrogens (tertiary/aromatic N) is 1. The van der Waals surface area contributed by atoms with Crippen LogP contribution in [0.2, 0.25) is 0 Å². The highest BCUT2D eigenvalue weighted by molar-refractivity contribution is 7.89. The minimum absolute atomic E-state index is 0.117. The first-order valence-corrected chi connectivity index (χ1v) is 8.70. The predicted molar refractivity (Wildman–Crippen MR) is 82.9 cm³/mol. The van der Waals surface area contributed by atoms with Gasteiger partial charge in [0.2, 0.25) is 10.0 Å². The third-order valence-electron chi connectivity index (χ3n) is 3.16. The molecule has 0 saturated carbocycles. The summed E-state index contributed by atoms with van der Waals surface area (Å²) in [4.78, 5) is 0.186. The Morgan fingerprint density at radius 2 is 1.95 bits per heavy atom. The molecule has 1 aromatic rings. The Morgan fingerprint density at radius 1 is 1.29 bits per heavy atom. The molecule has 0 bridgehead atoms. The van der Waals surface area contributed by atoms with Gasteiger partial charge in [0.1, 0.15) is 5.75 Å². The van der Waals surface area contributed by atoms with Gasteiger partial charge in [-0.05, 0) is 38.5 Å². The molecule has 21 heavy (non-hydrogen) atoms. The van der Waals surface area contributed by atoms with Crippen molar-refractivity contribution in [2.45, 2.75) is 51.7 Å². The summed E-state index contributed by atoms with van der Waals surface area (Å²) in [5.41, 5.74) is 0.490. The lowest BCUT2D eigenvalue weighted by Gasteiger charge is -2.24. The summed E-state index contributed by atoms with van der Waals surface area (Å²) in [6, 6.07) is 4.52. The molecule has 0 amide bonds. The molecule has 0 radical (unpaired) electrons. The predicted octanol–water partition coefficient (Wildman–Crippen LogP) is 2.39. The van der Waals surface area contributed by atoms with Crippen LogP contribution in [-0.4, -0.2) is 37.0 Å². The second-order valence-electron chi connectivity index (χ2n) is 5.08. The molecule has 120 valence electrons. The summed E-state index contributed by atoms with van der Waals surface area (Å²) in [5.74, 6) is 0.533. The third kappa shape index (κ3) is 4.18.